The van der Waals surface area contributed by atoms with Crippen LogP contribution in [-0.4, -0.2) is 23.9 Å². The largest absolute Gasteiger partial charge is 0.495 e. The van der Waals surface area contributed by atoms with Crippen LogP contribution in [0, 0.1) is 6.92 Å². The molecule has 0 saturated carbocycles. The van der Waals surface area contributed by atoms with E-state index in [9.17, 15) is 0 Å². The average molecular weight is 350 g/mol. The zero-order valence-corrected chi connectivity index (χ0v) is 14.4. The van der Waals surface area contributed by atoms with Crippen LogP contribution < -0.4 is 24.8 Å². The van der Waals surface area contributed by atoms with Crippen molar-refractivity contribution in [1.29, 1.82) is 0 Å². The Morgan fingerprint density at radius 2 is 1.69 bits per heavy atom. The van der Waals surface area contributed by atoms with Crippen LogP contribution in [-0.2, 0) is 0 Å². The summed E-state index contributed by atoms with van der Waals surface area (Å²) in [5, 5.41) is 6.54. The summed E-state index contributed by atoms with van der Waals surface area (Å²) in [7, 11) is 1.64. The van der Waals surface area contributed by atoms with Crippen molar-refractivity contribution in [3.8, 4) is 17.2 Å². The molecule has 132 valence electrons. The molecule has 0 radical (unpaired) electrons. The van der Waals surface area contributed by atoms with Crippen molar-refractivity contribution in [2.45, 2.75) is 6.92 Å². The molecule has 2 N–H and O–H groups in total. The second-order valence-corrected chi connectivity index (χ2v) is 5.70. The van der Waals surface area contributed by atoms with Crippen LogP contribution in [0.4, 0.5) is 23.0 Å². The average Bonchev–Trinajstić information content (AvgIpc) is 3.09. The van der Waals surface area contributed by atoms with Gasteiger partial charge in [0.1, 0.15) is 23.2 Å². The number of hydrogen-bond acceptors (Lipinski definition) is 7. The first-order valence-electron chi connectivity index (χ1n) is 8.14. The first kappa shape index (κ1) is 16.0. The Kier molecular flexibility index (Phi) is 4.18. The van der Waals surface area contributed by atoms with E-state index in [0.29, 0.717) is 23.2 Å². The quantitative estimate of drug-likeness (QED) is 0.720. The van der Waals surface area contributed by atoms with E-state index in [-0.39, 0.29) is 6.79 Å². The van der Waals surface area contributed by atoms with Gasteiger partial charge in [-0.25, -0.2) is 9.97 Å². The fourth-order valence-electron chi connectivity index (χ4n) is 2.70. The standard InChI is InChI=1S/C19H18N4O3/c1-12-20-18(22-13-7-8-16-17(9-13)26-11-25-16)10-19(21-12)23-14-5-3-4-6-15(14)24-2/h3-10H,11H2,1-2H3,(H2,20,21,22,23). The highest BCUT2D eigenvalue weighted by Gasteiger charge is 2.14. The third-order valence-electron chi connectivity index (χ3n) is 3.85. The zero-order valence-electron chi connectivity index (χ0n) is 14.4. The molecule has 0 unspecified atom stereocenters. The normalized spacial score (nSPS) is 11.9. The first-order valence-corrected chi connectivity index (χ1v) is 8.14. The molecule has 0 fully saturated rings. The van der Waals surface area contributed by atoms with Crippen LogP contribution in [0.1, 0.15) is 5.82 Å². The molecule has 0 atom stereocenters. The Morgan fingerprint density at radius 1 is 0.923 bits per heavy atom. The Morgan fingerprint density at radius 3 is 2.54 bits per heavy atom. The molecular weight excluding hydrogens is 332 g/mol. The van der Waals surface area contributed by atoms with E-state index in [4.69, 9.17) is 14.2 Å². The van der Waals surface area contributed by atoms with Crippen LogP contribution in [0.15, 0.2) is 48.5 Å². The van der Waals surface area contributed by atoms with Crippen molar-refractivity contribution in [2.24, 2.45) is 0 Å². The van der Waals surface area contributed by atoms with Gasteiger partial charge in [0.15, 0.2) is 11.5 Å². The number of ether oxygens (including phenoxy) is 3. The Bertz CT molecular complexity index is 946. The molecule has 7 nitrogen and oxygen atoms in total. The second-order valence-electron chi connectivity index (χ2n) is 5.70. The fourth-order valence-corrected chi connectivity index (χ4v) is 2.70. The molecule has 7 heteroatoms. The number of methoxy groups -OCH3 is 1. The van der Waals surface area contributed by atoms with Crippen LogP contribution in [0.25, 0.3) is 0 Å². The van der Waals surface area contributed by atoms with E-state index < -0.39 is 0 Å². The molecule has 26 heavy (non-hydrogen) atoms. The Labute approximate surface area is 151 Å². The minimum atomic E-state index is 0.248. The molecule has 2 aromatic carbocycles. The molecule has 0 saturated heterocycles. The van der Waals surface area contributed by atoms with E-state index in [0.717, 1.165) is 22.9 Å². The van der Waals surface area contributed by atoms with Crippen molar-refractivity contribution in [3.05, 3.63) is 54.4 Å². The number of nitrogens with zero attached hydrogens (tertiary/aromatic N) is 2. The monoisotopic (exact) mass is 350 g/mol. The Hall–Kier alpha value is -3.48. The van der Waals surface area contributed by atoms with Gasteiger partial charge in [0.25, 0.3) is 0 Å². The van der Waals surface area contributed by atoms with Gasteiger partial charge >= 0.3 is 0 Å². The van der Waals surface area contributed by atoms with Crippen molar-refractivity contribution >= 4 is 23.0 Å². The molecule has 3 aromatic rings. The highest BCUT2D eigenvalue weighted by atomic mass is 16.7. The number of benzene rings is 2. The number of fused-ring (bicyclic) bond motifs is 1. The lowest BCUT2D eigenvalue weighted by Gasteiger charge is -2.12. The summed E-state index contributed by atoms with van der Waals surface area (Å²) in [6, 6.07) is 15.2. The van der Waals surface area contributed by atoms with Crippen LogP contribution in [0.5, 0.6) is 17.2 Å². The van der Waals surface area contributed by atoms with Gasteiger partial charge in [0.2, 0.25) is 6.79 Å². The zero-order chi connectivity index (χ0) is 17.9. The molecular formula is C19H18N4O3. The molecule has 0 aliphatic carbocycles. The van der Waals surface area contributed by atoms with Gasteiger partial charge in [0, 0.05) is 17.8 Å². The molecule has 0 spiro atoms. The highest BCUT2D eigenvalue weighted by molar-refractivity contribution is 5.68. The third-order valence-corrected chi connectivity index (χ3v) is 3.85. The minimum absolute atomic E-state index is 0.248. The van der Waals surface area contributed by atoms with Crippen molar-refractivity contribution in [3.63, 3.8) is 0 Å². The summed E-state index contributed by atoms with van der Waals surface area (Å²) >= 11 is 0. The fraction of sp³-hybridized carbons (Fsp3) is 0.158. The van der Waals surface area contributed by atoms with Crippen molar-refractivity contribution < 1.29 is 14.2 Å². The van der Waals surface area contributed by atoms with Gasteiger partial charge in [-0.05, 0) is 31.2 Å². The minimum Gasteiger partial charge on any atom is -0.495 e. The predicted octanol–water partition coefficient (Wildman–Crippen LogP) is 4.01. The van der Waals surface area contributed by atoms with Crippen LogP contribution >= 0.6 is 0 Å². The summed E-state index contributed by atoms with van der Waals surface area (Å²) in [6.07, 6.45) is 0. The lowest BCUT2D eigenvalue weighted by atomic mass is 10.2. The van der Waals surface area contributed by atoms with Gasteiger partial charge in [-0.1, -0.05) is 12.1 Å². The number of rotatable bonds is 5. The molecule has 0 amide bonds. The SMILES string of the molecule is COc1ccccc1Nc1cc(Nc2ccc3c(c2)OCO3)nc(C)n1. The summed E-state index contributed by atoms with van der Waals surface area (Å²) < 4.78 is 16.1. The number of nitrogens with one attached hydrogen (secondary N) is 2. The first-order chi connectivity index (χ1) is 12.7. The molecule has 1 aromatic heterocycles. The van der Waals surface area contributed by atoms with Gasteiger partial charge < -0.3 is 24.8 Å². The van der Waals surface area contributed by atoms with Crippen molar-refractivity contribution in [1.82, 2.24) is 9.97 Å². The molecule has 1 aliphatic rings. The lowest BCUT2D eigenvalue weighted by molar-refractivity contribution is 0.174. The Balaban J connectivity index is 1.58. The number of para-hydroxylation sites is 2. The lowest BCUT2D eigenvalue weighted by Crippen LogP contribution is -2.02. The highest BCUT2D eigenvalue weighted by Crippen LogP contribution is 2.35. The topological polar surface area (TPSA) is 77.5 Å². The van der Waals surface area contributed by atoms with Crippen LogP contribution in [0.2, 0.25) is 0 Å². The molecule has 2 heterocycles. The second kappa shape index (κ2) is 6.79. The van der Waals surface area contributed by atoms with E-state index >= 15 is 0 Å². The summed E-state index contributed by atoms with van der Waals surface area (Å²) in [5.41, 5.74) is 1.69. The van der Waals surface area contributed by atoms with E-state index in [1.165, 1.54) is 0 Å². The van der Waals surface area contributed by atoms with E-state index in [1.807, 2.05) is 55.5 Å². The van der Waals surface area contributed by atoms with Gasteiger partial charge in [-0.2, -0.15) is 0 Å². The number of hydrogen-bond donors (Lipinski definition) is 2. The van der Waals surface area contributed by atoms with Crippen molar-refractivity contribution in [2.75, 3.05) is 24.5 Å². The molecule has 0 bridgehead atoms. The third kappa shape index (κ3) is 3.32. The maximum absolute atomic E-state index is 5.41. The smallest absolute Gasteiger partial charge is 0.231 e. The van der Waals surface area contributed by atoms with Gasteiger partial charge in [-0.15, -0.1) is 0 Å². The number of aryl methyl sites for hydroxylation is 1. The summed E-state index contributed by atoms with van der Waals surface area (Å²) in [6.45, 7) is 2.09. The molecule has 1 aliphatic heterocycles. The van der Waals surface area contributed by atoms with Crippen LogP contribution in [0.3, 0.4) is 0 Å². The van der Waals surface area contributed by atoms with E-state index in [1.54, 1.807) is 7.11 Å². The van der Waals surface area contributed by atoms with E-state index in [2.05, 4.69) is 20.6 Å². The maximum atomic E-state index is 5.41. The summed E-state index contributed by atoms with van der Waals surface area (Å²) in [5.74, 6) is 4.20. The molecule has 4 rings (SSSR count). The number of aromatic nitrogens is 2. The predicted molar refractivity (Wildman–Crippen MR) is 98.9 cm³/mol. The summed E-state index contributed by atoms with van der Waals surface area (Å²) in [4.78, 5) is 8.88. The van der Waals surface area contributed by atoms with Gasteiger partial charge in [-0.3, -0.25) is 0 Å². The maximum Gasteiger partial charge on any atom is 0.231 e. The number of anilines is 4. The van der Waals surface area contributed by atoms with Gasteiger partial charge in [0.05, 0.1) is 12.8 Å².